The topological polar surface area (TPSA) is 90.9 Å². The molecule has 28 heavy (non-hydrogen) atoms. The molecule has 0 bridgehead atoms. The third-order valence-electron chi connectivity index (χ3n) is 4.31. The van der Waals surface area contributed by atoms with E-state index in [1.807, 2.05) is 18.2 Å². The summed E-state index contributed by atoms with van der Waals surface area (Å²) in [4.78, 5) is 37.5. The third kappa shape index (κ3) is 3.73. The lowest BCUT2D eigenvalue weighted by atomic mass is 10.00. The number of ether oxygens (including phenoxy) is 3. The fourth-order valence-corrected chi connectivity index (χ4v) is 2.92. The summed E-state index contributed by atoms with van der Waals surface area (Å²) in [5, 5.41) is 2.90. The van der Waals surface area contributed by atoms with Crippen molar-refractivity contribution in [2.75, 3.05) is 14.2 Å². The maximum Gasteiger partial charge on any atom is 0.356 e. The highest BCUT2D eigenvalue weighted by molar-refractivity contribution is 6.14. The van der Waals surface area contributed by atoms with Crippen LogP contribution in [0.1, 0.15) is 15.9 Å². The van der Waals surface area contributed by atoms with Gasteiger partial charge in [-0.1, -0.05) is 48.5 Å². The number of hydrogen-bond acceptors (Lipinski definition) is 7. The van der Waals surface area contributed by atoms with E-state index in [1.54, 1.807) is 36.4 Å². The van der Waals surface area contributed by atoms with Crippen LogP contribution in [0, 0.1) is 0 Å². The van der Waals surface area contributed by atoms with Crippen LogP contribution in [-0.2, 0) is 25.6 Å². The molecule has 0 aliphatic carbocycles. The van der Waals surface area contributed by atoms with Gasteiger partial charge in [-0.15, -0.1) is 0 Å². The Balaban J connectivity index is 1.92. The van der Waals surface area contributed by atoms with E-state index in [1.165, 1.54) is 14.2 Å². The van der Waals surface area contributed by atoms with Crippen LogP contribution in [0.5, 0.6) is 5.75 Å². The van der Waals surface area contributed by atoms with Gasteiger partial charge in [-0.05, 0) is 6.07 Å². The number of carbonyl (C=O) groups excluding carboxylic acids is 3. The maximum absolute atomic E-state index is 12.8. The van der Waals surface area contributed by atoms with Crippen molar-refractivity contribution >= 4 is 17.7 Å². The van der Waals surface area contributed by atoms with Crippen molar-refractivity contribution in [3.05, 3.63) is 77.0 Å². The number of benzene rings is 2. The molecule has 0 radical (unpaired) electrons. The number of esters is 2. The minimum absolute atomic E-state index is 0.0907. The molecule has 2 aromatic rings. The van der Waals surface area contributed by atoms with Crippen molar-refractivity contribution in [2.24, 2.45) is 0 Å². The molecule has 1 unspecified atom stereocenters. The van der Waals surface area contributed by atoms with Crippen LogP contribution in [0.3, 0.4) is 0 Å². The van der Waals surface area contributed by atoms with E-state index in [0.29, 0.717) is 11.3 Å². The van der Waals surface area contributed by atoms with Gasteiger partial charge in [-0.2, -0.15) is 0 Å². The Morgan fingerprint density at radius 3 is 2.39 bits per heavy atom. The zero-order chi connectivity index (χ0) is 20.1. The van der Waals surface area contributed by atoms with Crippen molar-refractivity contribution in [3.63, 3.8) is 0 Å². The monoisotopic (exact) mass is 381 g/mol. The number of para-hydroxylation sites is 1. The van der Waals surface area contributed by atoms with E-state index in [0.717, 1.165) is 5.56 Å². The molecule has 1 aliphatic rings. The average Bonchev–Trinajstić information content (AvgIpc) is 3.08. The van der Waals surface area contributed by atoms with Crippen LogP contribution in [0.15, 0.2) is 65.9 Å². The summed E-state index contributed by atoms with van der Waals surface area (Å²) in [6.07, 6.45) is -1.36. The van der Waals surface area contributed by atoms with Crippen LogP contribution < -0.4 is 10.1 Å². The number of Topliss-reactive ketones (excluding diaryl/α,β-unsaturated/α-hetero) is 1. The van der Waals surface area contributed by atoms with E-state index < -0.39 is 23.8 Å². The number of carbonyl (C=O) groups is 3. The van der Waals surface area contributed by atoms with E-state index in [2.05, 4.69) is 5.32 Å². The first-order valence-electron chi connectivity index (χ1n) is 8.55. The second-order valence-electron chi connectivity index (χ2n) is 5.96. The molecule has 0 aromatic heterocycles. The minimum Gasteiger partial charge on any atom is -0.496 e. The second kappa shape index (κ2) is 8.39. The molecule has 1 heterocycles. The van der Waals surface area contributed by atoms with Crippen LogP contribution in [0.25, 0.3) is 0 Å². The van der Waals surface area contributed by atoms with Gasteiger partial charge in [0.1, 0.15) is 17.0 Å². The van der Waals surface area contributed by atoms with E-state index in [4.69, 9.17) is 14.2 Å². The van der Waals surface area contributed by atoms with Crippen LogP contribution in [0.4, 0.5) is 0 Å². The molecule has 1 N–H and O–H groups in total. The number of methoxy groups -OCH3 is 2. The highest BCUT2D eigenvalue weighted by Crippen LogP contribution is 2.26. The standard InChI is InChI=1S/C21H19NO6/c1-26-15-11-7-6-10-14(15)12-22-17-16(20(24)27-2)19(28-21(17)25)18(23)13-8-4-3-5-9-13/h3-11,19,22H,12H2,1-2H3. The molecule has 2 aromatic carbocycles. The molecule has 0 amide bonds. The smallest absolute Gasteiger partial charge is 0.356 e. The number of ketones is 1. The fraction of sp³-hybridized carbons (Fsp3) is 0.190. The lowest BCUT2D eigenvalue weighted by molar-refractivity contribution is -0.139. The molecule has 0 fully saturated rings. The Kier molecular flexibility index (Phi) is 5.74. The first-order valence-corrected chi connectivity index (χ1v) is 8.55. The Labute approximate surface area is 161 Å². The number of hydrogen-bond donors (Lipinski definition) is 1. The minimum atomic E-state index is -1.36. The van der Waals surface area contributed by atoms with Gasteiger partial charge in [-0.3, -0.25) is 4.79 Å². The zero-order valence-electron chi connectivity index (χ0n) is 15.4. The number of nitrogens with one attached hydrogen (secondary N) is 1. The summed E-state index contributed by atoms with van der Waals surface area (Å²) in [6, 6.07) is 15.5. The molecule has 0 spiro atoms. The molecule has 0 saturated carbocycles. The third-order valence-corrected chi connectivity index (χ3v) is 4.31. The summed E-state index contributed by atoms with van der Waals surface area (Å²) in [5.41, 5.74) is 0.864. The molecule has 3 rings (SSSR count). The van der Waals surface area contributed by atoms with Gasteiger partial charge in [0.15, 0.2) is 6.10 Å². The first kappa shape index (κ1) is 19.2. The maximum atomic E-state index is 12.8. The van der Waals surface area contributed by atoms with Crippen molar-refractivity contribution in [2.45, 2.75) is 12.6 Å². The first-order chi connectivity index (χ1) is 13.6. The van der Waals surface area contributed by atoms with Gasteiger partial charge in [0.05, 0.1) is 14.2 Å². The molecule has 144 valence electrons. The summed E-state index contributed by atoms with van der Waals surface area (Å²) < 4.78 is 15.3. The van der Waals surface area contributed by atoms with Gasteiger partial charge < -0.3 is 19.5 Å². The normalized spacial score (nSPS) is 15.8. The molecule has 7 nitrogen and oxygen atoms in total. The molecule has 0 saturated heterocycles. The van der Waals surface area contributed by atoms with Gasteiger partial charge in [0.25, 0.3) is 0 Å². The van der Waals surface area contributed by atoms with Crippen LogP contribution >= 0.6 is 0 Å². The molecular weight excluding hydrogens is 362 g/mol. The number of rotatable bonds is 7. The fourth-order valence-electron chi connectivity index (χ4n) is 2.92. The molecule has 1 aliphatic heterocycles. The van der Waals surface area contributed by atoms with Gasteiger partial charge >= 0.3 is 11.9 Å². The van der Waals surface area contributed by atoms with E-state index >= 15 is 0 Å². The lowest BCUT2D eigenvalue weighted by Crippen LogP contribution is -2.28. The van der Waals surface area contributed by atoms with E-state index in [9.17, 15) is 14.4 Å². The Bertz CT molecular complexity index is 935. The molecule has 7 heteroatoms. The summed E-state index contributed by atoms with van der Waals surface area (Å²) in [6.45, 7) is 0.196. The predicted octanol–water partition coefficient (Wildman–Crippen LogP) is 2.02. The second-order valence-corrected chi connectivity index (χ2v) is 5.96. The molecular formula is C21H19NO6. The van der Waals surface area contributed by atoms with Crippen molar-refractivity contribution in [1.29, 1.82) is 0 Å². The highest BCUT2D eigenvalue weighted by Gasteiger charge is 2.43. The molecule has 1 atom stereocenters. The van der Waals surface area contributed by atoms with Crippen LogP contribution in [-0.4, -0.2) is 38.0 Å². The Morgan fingerprint density at radius 1 is 1.04 bits per heavy atom. The number of cyclic esters (lactones) is 1. The highest BCUT2D eigenvalue weighted by atomic mass is 16.6. The summed E-state index contributed by atoms with van der Waals surface area (Å²) >= 11 is 0. The van der Waals surface area contributed by atoms with E-state index in [-0.39, 0.29) is 17.8 Å². The Hall–Kier alpha value is -3.61. The predicted molar refractivity (Wildman–Crippen MR) is 99.5 cm³/mol. The van der Waals surface area contributed by atoms with Gasteiger partial charge in [0.2, 0.25) is 5.78 Å². The summed E-state index contributed by atoms with van der Waals surface area (Å²) in [5.74, 6) is -1.46. The van der Waals surface area contributed by atoms with Crippen molar-refractivity contribution in [1.82, 2.24) is 5.32 Å². The van der Waals surface area contributed by atoms with Crippen molar-refractivity contribution in [3.8, 4) is 5.75 Å². The van der Waals surface area contributed by atoms with Crippen molar-refractivity contribution < 1.29 is 28.6 Å². The lowest BCUT2D eigenvalue weighted by Gasteiger charge is -2.12. The van der Waals surface area contributed by atoms with Crippen LogP contribution in [0.2, 0.25) is 0 Å². The SMILES string of the molecule is COC(=O)C1=C(NCc2ccccc2OC)C(=O)OC1C(=O)c1ccccc1. The van der Waals surface area contributed by atoms with Gasteiger partial charge in [0, 0.05) is 17.7 Å². The average molecular weight is 381 g/mol. The summed E-state index contributed by atoms with van der Waals surface area (Å²) in [7, 11) is 2.72. The quantitative estimate of drug-likeness (QED) is 0.580. The van der Waals surface area contributed by atoms with Gasteiger partial charge in [-0.25, -0.2) is 9.59 Å². The Morgan fingerprint density at radius 2 is 1.71 bits per heavy atom. The zero-order valence-corrected chi connectivity index (χ0v) is 15.4. The largest absolute Gasteiger partial charge is 0.496 e.